The number of nitrogens with one attached hydrogen (secondary N) is 1. The number of rotatable bonds is 8. The molecule has 0 bridgehead atoms. The van der Waals surface area contributed by atoms with E-state index in [0.717, 1.165) is 17.0 Å². The second kappa shape index (κ2) is 8.57. The zero-order chi connectivity index (χ0) is 16.7. The molecule has 0 unspecified atom stereocenters. The number of carbonyl (C=O) groups is 1. The van der Waals surface area contributed by atoms with E-state index in [-0.39, 0.29) is 11.7 Å². The van der Waals surface area contributed by atoms with Crippen LogP contribution in [0.3, 0.4) is 0 Å². The number of amides is 1. The predicted molar refractivity (Wildman–Crippen MR) is 87.0 cm³/mol. The Labute approximate surface area is 138 Å². The Hall–Kier alpha value is -2.02. The van der Waals surface area contributed by atoms with Gasteiger partial charge in [-0.3, -0.25) is 4.79 Å². The Bertz CT molecular complexity index is 624. The van der Waals surface area contributed by atoms with Crippen LogP contribution in [0, 0.1) is 19.7 Å². The maximum atomic E-state index is 12.7. The first-order valence-corrected chi connectivity index (χ1v) is 8.36. The largest absolute Gasteiger partial charge is 0.492 e. The van der Waals surface area contributed by atoms with Crippen molar-refractivity contribution in [1.82, 2.24) is 10.5 Å². The average Bonchev–Trinajstić information content (AvgIpc) is 2.85. The van der Waals surface area contributed by atoms with Gasteiger partial charge in [0.2, 0.25) is 5.91 Å². The van der Waals surface area contributed by atoms with Crippen LogP contribution in [0.25, 0.3) is 0 Å². The van der Waals surface area contributed by atoms with Crippen LogP contribution in [0.15, 0.2) is 28.8 Å². The molecule has 0 saturated carbocycles. The third-order valence-corrected chi connectivity index (χ3v) is 4.13. The number of hydrogen-bond acceptors (Lipinski definition) is 5. The Kier molecular flexibility index (Phi) is 6.46. The standard InChI is InChI=1S/C16H19FN2O3S/c1-11-15(12(2)22-19-11)9-23-10-16(20)18-7-8-21-14-5-3-13(17)4-6-14/h3-6H,7-10H2,1-2H3,(H,18,20). The number of thioether (sulfide) groups is 1. The van der Waals surface area contributed by atoms with E-state index in [1.165, 1.54) is 23.9 Å². The summed E-state index contributed by atoms with van der Waals surface area (Å²) in [7, 11) is 0. The molecule has 2 aromatic rings. The van der Waals surface area contributed by atoms with Gasteiger partial charge >= 0.3 is 0 Å². The topological polar surface area (TPSA) is 64.4 Å². The van der Waals surface area contributed by atoms with Gasteiger partial charge in [-0.05, 0) is 38.1 Å². The molecule has 0 radical (unpaired) electrons. The zero-order valence-corrected chi connectivity index (χ0v) is 13.9. The number of nitrogens with zero attached hydrogens (tertiary/aromatic N) is 1. The summed E-state index contributed by atoms with van der Waals surface area (Å²) < 4.78 is 23.2. The molecule has 0 atom stereocenters. The highest BCUT2D eigenvalue weighted by molar-refractivity contribution is 7.99. The highest BCUT2D eigenvalue weighted by atomic mass is 32.2. The van der Waals surface area contributed by atoms with Crippen molar-refractivity contribution in [3.8, 4) is 5.75 Å². The van der Waals surface area contributed by atoms with Gasteiger partial charge in [0.25, 0.3) is 0 Å². The van der Waals surface area contributed by atoms with Gasteiger partial charge in [0.1, 0.15) is 23.9 Å². The number of hydrogen-bond donors (Lipinski definition) is 1. The Morgan fingerprint density at radius 3 is 2.74 bits per heavy atom. The van der Waals surface area contributed by atoms with Gasteiger partial charge in [-0.15, -0.1) is 11.8 Å². The molecule has 1 N–H and O–H groups in total. The minimum absolute atomic E-state index is 0.0514. The first kappa shape index (κ1) is 17.3. The van der Waals surface area contributed by atoms with E-state index in [9.17, 15) is 9.18 Å². The molecule has 0 spiro atoms. The van der Waals surface area contributed by atoms with Crippen LogP contribution >= 0.6 is 11.8 Å². The molecule has 1 aromatic heterocycles. The molecule has 1 aromatic carbocycles. The summed E-state index contributed by atoms with van der Waals surface area (Å²) in [6, 6.07) is 5.77. The summed E-state index contributed by atoms with van der Waals surface area (Å²) in [6.07, 6.45) is 0. The minimum atomic E-state index is -0.305. The molecule has 0 aliphatic rings. The van der Waals surface area contributed by atoms with Crippen LogP contribution < -0.4 is 10.1 Å². The molecule has 5 nitrogen and oxygen atoms in total. The minimum Gasteiger partial charge on any atom is -0.492 e. The van der Waals surface area contributed by atoms with Gasteiger partial charge in [-0.2, -0.15) is 0 Å². The zero-order valence-electron chi connectivity index (χ0n) is 13.1. The number of benzene rings is 1. The monoisotopic (exact) mass is 338 g/mol. The molecule has 0 aliphatic carbocycles. The third-order valence-electron chi connectivity index (χ3n) is 3.17. The molecule has 7 heteroatoms. The summed E-state index contributed by atoms with van der Waals surface area (Å²) in [5, 5.41) is 6.66. The van der Waals surface area contributed by atoms with E-state index in [1.807, 2.05) is 13.8 Å². The van der Waals surface area contributed by atoms with E-state index in [2.05, 4.69) is 10.5 Å². The van der Waals surface area contributed by atoms with Gasteiger partial charge in [-0.1, -0.05) is 5.16 Å². The van der Waals surface area contributed by atoms with Crippen molar-refractivity contribution in [2.45, 2.75) is 19.6 Å². The fourth-order valence-corrected chi connectivity index (χ4v) is 2.90. The van der Waals surface area contributed by atoms with Crippen molar-refractivity contribution < 1.29 is 18.4 Å². The molecule has 0 aliphatic heterocycles. The van der Waals surface area contributed by atoms with Gasteiger partial charge < -0.3 is 14.6 Å². The molecule has 23 heavy (non-hydrogen) atoms. The first-order chi connectivity index (χ1) is 11.1. The van der Waals surface area contributed by atoms with Crippen molar-refractivity contribution in [2.24, 2.45) is 0 Å². The van der Waals surface area contributed by atoms with E-state index in [4.69, 9.17) is 9.26 Å². The molecule has 0 saturated heterocycles. The molecule has 2 rings (SSSR count). The molecule has 1 heterocycles. The van der Waals surface area contributed by atoms with Gasteiger partial charge in [0, 0.05) is 11.3 Å². The number of halogens is 1. The normalized spacial score (nSPS) is 10.6. The summed E-state index contributed by atoms with van der Waals surface area (Å²) in [5.41, 5.74) is 1.91. The summed E-state index contributed by atoms with van der Waals surface area (Å²) in [5.74, 6) is 2.07. The maximum Gasteiger partial charge on any atom is 0.230 e. The van der Waals surface area contributed by atoms with Crippen LogP contribution in [-0.2, 0) is 10.5 Å². The number of carbonyl (C=O) groups excluding carboxylic acids is 1. The number of ether oxygens (including phenoxy) is 1. The molecular formula is C16H19FN2O3S. The van der Waals surface area contributed by atoms with Gasteiger partial charge in [0.05, 0.1) is 18.0 Å². The smallest absolute Gasteiger partial charge is 0.230 e. The van der Waals surface area contributed by atoms with Crippen LogP contribution in [-0.4, -0.2) is 30.0 Å². The van der Waals surface area contributed by atoms with E-state index in [1.54, 1.807) is 12.1 Å². The average molecular weight is 338 g/mol. The van der Waals surface area contributed by atoms with Crippen LogP contribution in [0.1, 0.15) is 17.0 Å². The Morgan fingerprint density at radius 1 is 1.35 bits per heavy atom. The SMILES string of the molecule is Cc1noc(C)c1CSCC(=O)NCCOc1ccc(F)cc1. The summed E-state index contributed by atoms with van der Waals surface area (Å²) in [6.45, 7) is 4.50. The van der Waals surface area contributed by atoms with E-state index >= 15 is 0 Å². The molecular weight excluding hydrogens is 319 g/mol. The quantitative estimate of drug-likeness (QED) is 0.750. The molecule has 124 valence electrons. The fourth-order valence-electron chi connectivity index (χ4n) is 1.89. The number of aromatic nitrogens is 1. The molecule has 1 amide bonds. The lowest BCUT2D eigenvalue weighted by Crippen LogP contribution is -2.29. The maximum absolute atomic E-state index is 12.7. The third kappa shape index (κ3) is 5.59. The van der Waals surface area contributed by atoms with Crippen molar-refractivity contribution in [2.75, 3.05) is 18.9 Å². The number of aryl methyl sites for hydroxylation is 2. The first-order valence-electron chi connectivity index (χ1n) is 7.21. The van der Waals surface area contributed by atoms with Crippen molar-refractivity contribution in [3.63, 3.8) is 0 Å². The van der Waals surface area contributed by atoms with Gasteiger partial charge in [-0.25, -0.2) is 4.39 Å². The van der Waals surface area contributed by atoms with Crippen molar-refractivity contribution >= 4 is 17.7 Å². The second-order valence-corrected chi connectivity index (χ2v) is 5.93. The van der Waals surface area contributed by atoms with Gasteiger partial charge in [0.15, 0.2) is 0 Å². The Morgan fingerprint density at radius 2 is 2.09 bits per heavy atom. The predicted octanol–water partition coefficient (Wildman–Crippen LogP) is 2.86. The lowest BCUT2D eigenvalue weighted by atomic mass is 10.2. The lowest BCUT2D eigenvalue weighted by molar-refractivity contribution is -0.118. The summed E-state index contributed by atoms with van der Waals surface area (Å²) >= 11 is 1.51. The van der Waals surface area contributed by atoms with Crippen molar-refractivity contribution in [3.05, 3.63) is 47.1 Å². The highest BCUT2D eigenvalue weighted by Gasteiger charge is 2.09. The van der Waals surface area contributed by atoms with Crippen LogP contribution in [0.4, 0.5) is 4.39 Å². The highest BCUT2D eigenvalue weighted by Crippen LogP contribution is 2.19. The van der Waals surface area contributed by atoms with Crippen LogP contribution in [0.5, 0.6) is 5.75 Å². The summed E-state index contributed by atoms with van der Waals surface area (Å²) in [4.78, 5) is 11.7. The van der Waals surface area contributed by atoms with E-state index in [0.29, 0.717) is 30.4 Å². The lowest BCUT2D eigenvalue weighted by Gasteiger charge is -2.07. The second-order valence-electron chi connectivity index (χ2n) is 4.95. The van der Waals surface area contributed by atoms with Crippen molar-refractivity contribution in [1.29, 1.82) is 0 Å². The van der Waals surface area contributed by atoms with E-state index < -0.39 is 0 Å². The fraction of sp³-hybridized carbons (Fsp3) is 0.375. The Balaban J connectivity index is 1.59. The van der Waals surface area contributed by atoms with Crippen LogP contribution in [0.2, 0.25) is 0 Å². The molecule has 0 fully saturated rings.